The second-order valence-electron chi connectivity index (χ2n) is 8.26. The molecule has 2 aromatic carbocycles. The van der Waals surface area contributed by atoms with Gasteiger partial charge in [0.2, 0.25) is 0 Å². The summed E-state index contributed by atoms with van der Waals surface area (Å²) in [6.07, 6.45) is 0.526. The molecule has 0 aliphatic carbocycles. The summed E-state index contributed by atoms with van der Waals surface area (Å²) in [6.45, 7) is 6.79. The summed E-state index contributed by atoms with van der Waals surface area (Å²) in [6, 6.07) is 15.6. The molecule has 2 aromatic rings. The molecule has 2 aliphatic rings. The molecule has 1 amide bonds. The number of hydrogen-bond acceptors (Lipinski definition) is 4. The van der Waals surface area contributed by atoms with Crippen molar-refractivity contribution < 1.29 is 20.8 Å². The highest BCUT2D eigenvalue weighted by Crippen LogP contribution is 2.42. The van der Waals surface area contributed by atoms with Crippen molar-refractivity contribution >= 4 is 5.91 Å². The largest absolute Gasteiger partial charge is 0.386 e. The van der Waals surface area contributed by atoms with Crippen LogP contribution in [0.5, 0.6) is 0 Å². The standard InChI is InChI=1S/C23H27NO4.H2/c1-16-13-17(9-10-19(16)22(2,3)26)21(25)24-12-11-23(18-7-5-4-6-8-18)20(14-24)27-15-28-23;/h4-10,13,20,26H,11-12,14-15H2,1-3H3;1H. The molecular formula is C23H29NO4. The van der Waals surface area contributed by atoms with Gasteiger partial charge in [0.1, 0.15) is 18.5 Å². The van der Waals surface area contributed by atoms with Crippen molar-refractivity contribution in [1.29, 1.82) is 0 Å². The van der Waals surface area contributed by atoms with E-state index in [9.17, 15) is 9.90 Å². The van der Waals surface area contributed by atoms with Crippen molar-refractivity contribution in [3.8, 4) is 0 Å². The zero-order chi connectivity index (χ0) is 19.9. The second-order valence-corrected chi connectivity index (χ2v) is 8.26. The molecule has 0 radical (unpaired) electrons. The number of fused-ring (bicyclic) bond motifs is 1. The Bertz CT molecular complexity index is 880. The summed E-state index contributed by atoms with van der Waals surface area (Å²) in [5.74, 6) is -0.0115. The first kappa shape index (κ1) is 19.1. The van der Waals surface area contributed by atoms with Crippen LogP contribution in [0.2, 0.25) is 0 Å². The van der Waals surface area contributed by atoms with Gasteiger partial charge in [0.25, 0.3) is 5.91 Å². The fraction of sp³-hybridized carbons (Fsp3) is 0.435. The third-order valence-corrected chi connectivity index (χ3v) is 5.93. The highest BCUT2D eigenvalue weighted by Gasteiger charge is 2.51. The molecule has 0 bridgehead atoms. The first-order valence-corrected chi connectivity index (χ1v) is 9.75. The average molecular weight is 383 g/mol. The van der Waals surface area contributed by atoms with E-state index in [-0.39, 0.29) is 20.2 Å². The third-order valence-electron chi connectivity index (χ3n) is 5.93. The van der Waals surface area contributed by atoms with Crippen molar-refractivity contribution in [3.05, 3.63) is 70.8 Å². The molecule has 2 unspecified atom stereocenters. The smallest absolute Gasteiger partial charge is 0.253 e. The van der Waals surface area contributed by atoms with Gasteiger partial charge in [-0.2, -0.15) is 0 Å². The number of piperidine rings is 1. The number of carbonyl (C=O) groups is 1. The van der Waals surface area contributed by atoms with E-state index in [1.165, 1.54) is 0 Å². The Morgan fingerprint density at radius 1 is 1.25 bits per heavy atom. The number of benzene rings is 2. The van der Waals surface area contributed by atoms with Crippen molar-refractivity contribution in [2.75, 3.05) is 19.9 Å². The van der Waals surface area contributed by atoms with Crippen LogP contribution in [0.15, 0.2) is 48.5 Å². The van der Waals surface area contributed by atoms with Gasteiger partial charge in [0.05, 0.1) is 12.1 Å². The first-order valence-electron chi connectivity index (χ1n) is 9.75. The van der Waals surface area contributed by atoms with Crippen molar-refractivity contribution in [1.82, 2.24) is 4.90 Å². The van der Waals surface area contributed by atoms with Gasteiger partial charge in [0, 0.05) is 20.0 Å². The number of likely N-dealkylation sites (tertiary alicyclic amines) is 1. The molecule has 5 nitrogen and oxygen atoms in total. The molecule has 2 fully saturated rings. The van der Waals surface area contributed by atoms with Crippen LogP contribution in [0, 0.1) is 6.92 Å². The zero-order valence-corrected chi connectivity index (χ0v) is 16.6. The van der Waals surface area contributed by atoms with Crippen molar-refractivity contribution in [2.45, 2.75) is 44.5 Å². The lowest BCUT2D eigenvalue weighted by Gasteiger charge is -2.42. The van der Waals surface area contributed by atoms with Gasteiger partial charge < -0.3 is 19.5 Å². The summed E-state index contributed by atoms with van der Waals surface area (Å²) >= 11 is 0. The number of rotatable bonds is 3. The molecule has 150 valence electrons. The van der Waals surface area contributed by atoms with Crippen LogP contribution in [-0.4, -0.2) is 41.9 Å². The van der Waals surface area contributed by atoms with Crippen molar-refractivity contribution in [2.24, 2.45) is 0 Å². The Kier molecular flexibility index (Phi) is 4.78. The maximum Gasteiger partial charge on any atom is 0.253 e. The number of nitrogens with zero attached hydrogens (tertiary/aromatic N) is 1. The predicted molar refractivity (Wildman–Crippen MR) is 108 cm³/mol. The Balaban J connectivity index is 0.00000240. The normalized spacial score (nSPS) is 24.9. The minimum atomic E-state index is -0.929. The summed E-state index contributed by atoms with van der Waals surface area (Å²) in [5, 5.41) is 10.3. The summed E-state index contributed by atoms with van der Waals surface area (Å²) < 4.78 is 11.9. The Morgan fingerprint density at radius 2 is 2.00 bits per heavy atom. The highest BCUT2D eigenvalue weighted by atomic mass is 16.7. The van der Waals surface area contributed by atoms with Gasteiger partial charge in [-0.05, 0) is 49.6 Å². The predicted octanol–water partition coefficient (Wildman–Crippen LogP) is 3.58. The van der Waals surface area contributed by atoms with Crippen LogP contribution in [0.25, 0.3) is 0 Å². The van der Waals surface area contributed by atoms with Gasteiger partial charge in [-0.1, -0.05) is 36.4 Å². The molecule has 2 atom stereocenters. The molecule has 2 saturated heterocycles. The maximum absolute atomic E-state index is 13.1. The van der Waals surface area contributed by atoms with E-state index >= 15 is 0 Å². The monoisotopic (exact) mass is 383 g/mol. The number of aryl methyl sites for hydroxylation is 1. The minimum Gasteiger partial charge on any atom is -0.386 e. The molecule has 1 N–H and O–H groups in total. The third kappa shape index (κ3) is 3.24. The number of amides is 1. The molecule has 2 heterocycles. The summed E-state index contributed by atoms with van der Waals surface area (Å²) in [5.41, 5.74) is 2.08. The molecule has 0 saturated carbocycles. The van der Waals surface area contributed by atoms with E-state index in [1.54, 1.807) is 19.9 Å². The number of aliphatic hydroxyl groups is 1. The Hall–Kier alpha value is -2.21. The quantitative estimate of drug-likeness (QED) is 0.880. The topological polar surface area (TPSA) is 59.0 Å². The minimum absolute atomic E-state index is 0. The fourth-order valence-electron chi connectivity index (χ4n) is 4.46. The number of carbonyl (C=O) groups excluding carboxylic acids is 1. The van der Waals surface area contributed by atoms with Crippen LogP contribution in [-0.2, 0) is 20.7 Å². The Labute approximate surface area is 167 Å². The molecule has 5 heteroatoms. The zero-order valence-electron chi connectivity index (χ0n) is 16.6. The molecular weight excluding hydrogens is 354 g/mol. The van der Waals surface area contributed by atoms with E-state index in [1.807, 2.05) is 42.2 Å². The van der Waals surface area contributed by atoms with Gasteiger partial charge in [0.15, 0.2) is 0 Å². The van der Waals surface area contributed by atoms with E-state index < -0.39 is 11.2 Å². The molecule has 4 rings (SSSR count). The summed E-state index contributed by atoms with van der Waals surface area (Å²) in [7, 11) is 0. The second kappa shape index (κ2) is 6.99. The van der Waals surface area contributed by atoms with Crippen LogP contribution in [0.3, 0.4) is 0 Å². The fourth-order valence-corrected chi connectivity index (χ4v) is 4.46. The van der Waals surface area contributed by atoms with E-state index in [2.05, 4.69) is 12.1 Å². The lowest BCUT2D eigenvalue weighted by molar-refractivity contribution is -0.0439. The maximum atomic E-state index is 13.1. The lowest BCUT2D eigenvalue weighted by atomic mass is 9.82. The van der Waals surface area contributed by atoms with Crippen LogP contribution < -0.4 is 0 Å². The lowest BCUT2D eigenvalue weighted by Crippen LogP contribution is -2.53. The Morgan fingerprint density at radius 3 is 2.68 bits per heavy atom. The molecule has 0 spiro atoms. The van der Waals surface area contributed by atoms with Gasteiger partial charge >= 0.3 is 0 Å². The van der Waals surface area contributed by atoms with Gasteiger partial charge in [-0.25, -0.2) is 0 Å². The first-order chi connectivity index (χ1) is 13.3. The van der Waals surface area contributed by atoms with Crippen LogP contribution >= 0.6 is 0 Å². The van der Waals surface area contributed by atoms with Crippen molar-refractivity contribution in [3.63, 3.8) is 0 Å². The van der Waals surface area contributed by atoms with E-state index in [0.717, 1.165) is 16.7 Å². The molecule has 0 aromatic heterocycles. The SMILES string of the molecule is Cc1cc(C(=O)N2CCC3(c4ccccc4)OCOC3C2)ccc1C(C)(C)O.[HH]. The number of hydrogen-bond donors (Lipinski definition) is 1. The highest BCUT2D eigenvalue weighted by molar-refractivity contribution is 5.94. The molecule has 2 aliphatic heterocycles. The summed E-state index contributed by atoms with van der Waals surface area (Å²) in [4.78, 5) is 15.0. The van der Waals surface area contributed by atoms with E-state index in [0.29, 0.717) is 25.1 Å². The van der Waals surface area contributed by atoms with Crippen LogP contribution in [0.1, 0.15) is 48.7 Å². The van der Waals surface area contributed by atoms with E-state index in [4.69, 9.17) is 9.47 Å². The van der Waals surface area contributed by atoms with Crippen LogP contribution in [0.4, 0.5) is 0 Å². The average Bonchev–Trinajstić information content (AvgIpc) is 3.11. The molecule has 28 heavy (non-hydrogen) atoms. The van der Waals surface area contributed by atoms with Gasteiger partial charge in [-0.3, -0.25) is 4.79 Å². The number of ether oxygens (including phenoxy) is 2. The van der Waals surface area contributed by atoms with Gasteiger partial charge in [-0.15, -0.1) is 0 Å².